The van der Waals surface area contributed by atoms with Gasteiger partial charge < -0.3 is 15.8 Å². The Morgan fingerprint density at radius 3 is 2.68 bits per heavy atom. The number of benzene rings is 1. The fourth-order valence-electron chi connectivity index (χ4n) is 2.96. The highest BCUT2D eigenvalue weighted by atomic mass is 16.5. The Morgan fingerprint density at radius 2 is 2.14 bits per heavy atom. The molecular formula is C18H28N2O2. The van der Waals surface area contributed by atoms with Gasteiger partial charge in [0.05, 0.1) is 12.1 Å². The maximum Gasteiger partial charge on any atom is 0.249 e. The molecule has 122 valence electrons. The second-order valence-corrected chi connectivity index (χ2v) is 7.28. The van der Waals surface area contributed by atoms with E-state index in [0.29, 0.717) is 6.54 Å². The average molecular weight is 304 g/mol. The van der Waals surface area contributed by atoms with Crippen LogP contribution in [0.25, 0.3) is 0 Å². The first-order valence-corrected chi connectivity index (χ1v) is 8.03. The molecule has 1 aliphatic rings. The van der Waals surface area contributed by atoms with Gasteiger partial charge in [-0.1, -0.05) is 50.6 Å². The summed E-state index contributed by atoms with van der Waals surface area (Å²) >= 11 is 0. The van der Waals surface area contributed by atoms with Gasteiger partial charge in [-0.15, -0.1) is 0 Å². The number of rotatable bonds is 4. The maximum atomic E-state index is 12.5. The molecule has 1 heterocycles. The SMILES string of the molecule is Cc1cccc(C(NC(=O)[C@@H]2CC[C@H](CN)O2)C(C)(C)C)c1. The van der Waals surface area contributed by atoms with Crippen LogP contribution in [0.3, 0.4) is 0 Å². The monoisotopic (exact) mass is 304 g/mol. The number of hydrogen-bond donors (Lipinski definition) is 2. The van der Waals surface area contributed by atoms with E-state index in [1.54, 1.807) is 0 Å². The normalized spacial score (nSPS) is 23.3. The Hall–Kier alpha value is -1.39. The van der Waals surface area contributed by atoms with Crippen LogP contribution in [0, 0.1) is 12.3 Å². The van der Waals surface area contributed by atoms with Gasteiger partial charge in [0.2, 0.25) is 5.91 Å². The second-order valence-electron chi connectivity index (χ2n) is 7.28. The maximum absolute atomic E-state index is 12.5. The summed E-state index contributed by atoms with van der Waals surface area (Å²) in [5, 5.41) is 3.18. The molecule has 1 aliphatic heterocycles. The molecular weight excluding hydrogens is 276 g/mol. The van der Waals surface area contributed by atoms with Gasteiger partial charge in [0, 0.05) is 6.54 Å². The molecule has 0 radical (unpaired) electrons. The van der Waals surface area contributed by atoms with Gasteiger partial charge in [-0.05, 0) is 30.7 Å². The van der Waals surface area contributed by atoms with Gasteiger partial charge in [0.25, 0.3) is 0 Å². The lowest BCUT2D eigenvalue weighted by molar-refractivity contribution is -0.133. The molecule has 1 aromatic rings. The van der Waals surface area contributed by atoms with E-state index in [0.717, 1.165) is 18.4 Å². The summed E-state index contributed by atoms with van der Waals surface area (Å²) in [5.74, 6) is -0.0302. The van der Waals surface area contributed by atoms with Crippen molar-refractivity contribution in [3.8, 4) is 0 Å². The van der Waals surface area contributed by atoms with E-state index in [1.807, 2.05) is 6.07 Å². The molecule has 1 amide bonds. The highest BCUT2D eigenvalue weighted by molar-refractivity contribution is 5.81. The summed E-state index contributed by atoms with van der Waals surface area (Å²) in [6.45, 7) is 8.96. The number of amides is 1. The molecule has 3 atom stereocenters. The molecule has 0 aromatic heterocycles. The molecule has 1 saturated heterocycles. The Morgan fingerprint density at radius 1 is 1.41 bits per heavy atom. The Balaban J connectivity index is 2.13. The quantitative estimate of drug-likeness (QED) is 0.899. The summed E-state index contributed by atoms with van der Waals surface area (Å²) in [7, 11) is 0. The van der Waals surface area contributed by atoms with Gasteiger partial charge in [-0.2, -0.15) is 0 Å². The molecule has 3 N–H and O–H groups in total. The summed E-state index contributed by atoms with van der Waals surface area (Å²) in [6, 6.07) is 8.26. The van der Waals surface area contributed by atoms with Gasteiger partial charge >= 0.3 is 0 Å². The van der Waals surface area contributed by atoms with Crippen molar-refractivity contribution in [1.82, 2.24) is 5.32 Å². The zero-order chi connectivity index (χ0) is 16.3. The highest BCUT2D eigenvalue weighted by Crippen LogP contribution is 2.33. The third-order valence-electron chi connectivity index (χ3n) is 4.19. The molecule has 1 fully saturated rings. The molecule has 0 saturated carbocycles. The topological polar surface area (TPSA) is 64.4 Å². The van der Waals surface area contributed by atoms with Crippen LogP contribution in [-0.2, 0) is 9.53 Å². The van der Waals surface area contributed by atoms with Gasteiger partial charge in [0.1, 0.15) is 6.10 Å². The molecule has 0 aliphatic carbocycles. The highest BCUT2D eigenvalue weighted by Gasteiger charge is 2.34. The lowest BCUT2D eigenvalue weighted by atomic mass is 9.82. The minimum absolute atomic E-state index is 0.0165. The Bertz CT molecular complexity index is 522. The first kappa shape index (κ1) is 17.0. The molecule has 4 nitrogen and oxygen atoms in total. The van der Waals surface area contributed by atoms with Crippen molar-refractivity contribution in [2.45, 2.75) is 58.8 Å². The van der Waals surface area contributed by atoms with Crippen LogP contribution in [0.5, 0.6) is 0 Å². The minimum Gasteiger partial charge on any atom is -0.364 e. The van der Waals surface area contributed by atoms with Crippen molar-refractivity contribution in [1.29, 1.82) is 0 Å². The lowest BCUT2D eigenvalue weighted by Gasteiger charge is -2.33. The smallest absolute Gasteiger partial charge is 0.249 e. The number of carbonyl (C=O) groups is 1. The molecule has 22 heavy (non-hydrogen) atoms. The number of aryl methyl sites for hydroxylation is 1. The predicted octanol–water partition coefficient (Wildman–Crippen LogP) is 2.70. The molecule has 2 rings (SSSR count). The zero-order valence-electron chi connectivity index (χ0n) is 14.1. The summed E-state index contributed by atoms with van der Waals surface area (Å²) in [5.41, 5.74) is 7.87. The summed E-state index contributed by atoms with van der Waals surface area (Å²) in [6.07, 6.45) is 1.25. The minimum atomic E-state index is -0.372. The van der Waals surface area contributed by atoms with Crippen LogP contribution >= 0.6 is 0 Å². The number of hydrogen-bond acceptors (Lipinski definition) is 3. The number of nitrogens with two attached hydrogens (primary N) is 1. The average Bonchev–Trinajstić information content (AvgIpc) is 2.92. The van der Waals surface area contributed by atoms with Crippen LogP contribution in [0.4, 0.5) is 0 Å². The number of ether oxygens (including phenoxy) is 1. The standard InChI is InChI=1S/C18H28N2O2/c1-12-6-5-7-13(10-12)16(18(2,3)4)20-17(21)15-9-8-14(11-19)22-15/h5-7,10,14-16H,8-9,11,19H2,1-4H3,(H,20,21)/t14-,15+,16?/m1/s1. The molecule has 0 bridgehead atoms. The molecule has 4 heteroatoms. The molecule has 1 aromatic carbocycles. The van der Waals surface area contributed by atoms with Crippen molar-refractivity contribution < 1.29 is 9.53 Å². The third kappa shape index (κ3) is 4.08. The number of carbonyl (C=O) groups excluding carboxylic acids is 1. The predicted molar refractivity (Wildman–Crippen MR) is 88.5 cm³/mol. The van der Waals surface area contributed by atoms with Crippen LogP contribution in [0.2, 0.25) is 0 Å². The van der Waals surface area contributed by atoms with Crippen LogP contribution in [0.15, 0.2) is 24.3 Å². The van der Waals surface area contributed by atoms with E-state index in [1.165, 1.54) is 5.56 Å². The van der Waals surface area contributed by atoms with Gasteiger partial charge in [-0.3, -0.25) is 4.79 Å². The Labute approximate surface area is 133 Å². The fourth-order valence-corrected chi connectivity index (χ4v) is 2.96. The van der Waals surface area contributed by atoms with E-state index in [4.69, 9.17) is 10.5 Å². The van der Waals surface area contributed by atoms with E-state index in [-0.39, 0.29) is 29.6 Å². The van der Waals surface area contributed by atoms with Crippen molar-refractivity contribution in [3.63, 3.8) is 0 Å². The number of nitrogens with one attached hydrogen (secondary N) is 1. The first-order valence-electron chi connectivity index (χ1n) is 8.03. The van der Waals surface area contributed by atoms with Crippen LogP contribution < -0.4 is 11.1 Å². The first-order chi connectivity index (χ1) is 10.3. The van der Waals surface area contributed by atoms with Gasteiger partial charge in [0.15, 0.2) is 0 Å². The second kappa shape index (κ2) is 6.80. The third-order valence-corrected chi connectivity index (χ3v) is 4.19. The largest absolute Gasteiger partial charge is 0.364 e. The van der Waals surface area contributed by atoms with Crippen molar-refractivity contribution in [3.05, 3.63) is 35.4 Å². The van der Waals surface area contributed by atoms with Crippen LogP contribution in [0.1, 0.15) is 50.8 Å². The van der Waals surface area contributed by atoms with Crippen molar-refractivity contribution >= 4 is 5.91 Å². The summed E-state index contributed by atoms with van der Waals surface area (Å²) in [4.78, 5) is 12.5. The van der Waals surface area contributed by atoms with E-state index in [2.05, 4.69) is 51.2 Å². The van der Waals surface area contributed by atoms with Crippen LogP contribution in [-0.4, -0.2) is 24.7 Å². The van der Waals surface area contributed by atoms with E-state index < -0.39 is 0 Å². The van der Waals surface area contributed by atoms with Crippen molar-refractivity contribution in [2.75, 3.05) is 6.54 Å². The van der Waals surface area contributed by atoms with E-state index in [9.17, 15) is 4.79 Å². The molecule has 1 unspecified atom stereocenters. The summed E-state index contributed by atoms with van der Waals surface area (Å²) < 4.78 is 5.71. The zero-order valence-corrected chi connectivity index (χ0v) is 14.1. The van der Waals surface area contributed by atoms with Gasteiger partial charge in [-0.25, -0.2) is 0 Å². The van der Waals surface area contributed by atoms with Crippen molar-refractivity contribution in [2.24, 2.45) is 11.1 Å². The lowest BCUT2D eigenvalue weighted by Crippen LogP contribution is -2.42. The fraction of sp³-hybridized carbons (Fsp3) is 0.611. The van der Waals surface area contributed by atoms with E-state index >= 15 is 0 Å². The Kier molecular flexibility index (Phi) is 5.24. The molecule has 0 spiro atoms.